The molecule has 0 unspecified atom stereocenters. The van der Waals surface area contributed by atoms with Crippen LogP contribution in [0.25, 0.3) is 0 Å². The maximum atomic E-state index is 12.2. The van der Waals surface area contributed by atoms with Gasteiger partial charge in [0.05, 0.1) is 13.1 Å². The molecule has 0 radical (unpaired) electrons. The normalized spacial score (nSPS) is 16.7. The highest BCUT2D eigenvalue weighted by molar-refractivity contribution is 5.94. The number of rotatable bonds is 6. The van der Waals surface area contributed by atoms with Crippen LogP contribution >= 0.6 is 0 Å². The van der Waals surface area contributed by atoms with Crippen molar-refractivity contribution in [3.63, 3.8) is 0 Å². The Morgan fingerprint density at radius 1 is 1.31 bits per heavy atom. The monoisotopic (exact) mass is 355 g/mol. The quantitative estimate of drug-likeness (QED) is 0.692. The molecular weight excluding hydrogens is 338 g/mol. The van der Waals surface area contributed by atoms with Crippen molar-refractivity contribution < 1.29 is 14.1 Å². The number of tetrazole rings is 1. The third-order valence-corrected chi connectivity index (χ3v) is 4.05. The number of carbonyl (C=O) groups is 1. The third-order valence-electron chi connectivity index (χ3n) is 4.05. The second kappa shape index (κ2) is 7.40. The van der Waals surface area contributed by atoms with E-state index in [0.29, 0.717) is 30.4 Å². The number of hydrogen-bond donors (Lipinski definition) is 1. The highest BCUT2D eigenvalue weighted by Gasteiger charge is 2.23. The summed E-state index contributed by atoms with van der Waals surface area (Å²) in [5, 5.41) is 17.6. The van der Waals surface area contributed by atoms with E-state index in [2.05, 4.69) is 31.0 Å². The summed E-state index contributed by atoms with van der Waals surface area (Å²) in [6, 6.07) is 7.23. The van der Waals surface area contributed by atoms with Crippen LogP contribution in [-0.2, 0) is 17.8 Å². The highest BCUT2D eigenvalue weighted by Crippen LogP contribution is 2.26. The molecule has 134 valence electrons. The van der Waals surface area contributed by atoms with Gasteiger partial charge in [-0.1, -0.05) is 17.3 Å². The van der Waals surface area contributed by atoms with Crippen LogP contribution in [0.4, 0.5) is 0 Å². The Balaban J connectivity index is 1.31. The lowest BCUT2D eigenvalue weighted by Crippen LogP contribution is -2.23. The van der Waals surface area contributed by atoms with E-state index >= 15 is 0 Å². The zero-order valence-electron chi connectivity index (χ0n) is 13.9. The van der Waals surface area contributed by atoms with E-state index in [1.54, 1.807) is 16.8 Å². The zero-order valence-corrected chi connectivity index (χ0v) is 13.9. The van der Waals surface area contributed by atoms with Gasteiger partial charge in [-0.25, -0.2) is 4.68 Å². The van der Waals surface area contributed by atoms with E-state index in [1.807, 2.05) is 12.1 Å². The predicted molar refractivity (Wildman–Crippen MR) is 86.8 cm³/mol. The summed E-state index contributed by atoms with van der Waals surface area (Å²) >= 11 is 0. The van der Waals surface area contributed by atoms with Gasteiger partial charge in [-0.15, -0.1) is 5.10 Å². The van der Waals surface area contributed by atoms with Crippen LogP contribution in [-0.4, -0.2) is 42.9 Å². The molecule has 0 bridgehead atoms. The summed E-state index contributed by atoms with van der Waals surface area (Å²) in [6.45, 7) is 1.45. The number of carbonyl (C=O) groups excluding carboxylic acids is 1. The summed E-state index contributed by atoms with van der Waals surface area (Å²) in [6.07, 6.45) is 3.28. The van der Waals surface area contributed by atoms with E-state index < -0.39 is 0 Å². The Hall–Kier alpha value is -3.14. The van der Waals surface area contributed by atoms with Crippen LogP contribution in [0.3, 0.4) is 0 Å². The number of aromatic nitrogens is 6. The number of hydrogen-bond acceptors (Lipinski definition) is 8. The average Bonchev–Trinajstić information content (AvgIpc) is 3.41. The Kier molecular flexibility index (Phi) is 4.65. The van der Waals surface area contributed by atoms with Crippen molar-refractivity contribution in [3.05, 3.63) is 53.4 Å². The van der Waals surface area contributed by atoms with Crippen molar-refractivity contribution in [2.75, 3.05) is 6.61 Å². The van der Waals surface area contributed by atoms with Gasteiger partial charge in [0, 0.05) is 12.2 Å². The summed E-state index contributed by atoms with van der Waals surface area (Å²) in [5.74, 6) is 0.695. The fourth-order valence-corrected chi connectivity index (χ4v) is 2.71. The first-order chi connectivity index (χ1) is 12.8. The molecule has 1 aliphatic heterocycles. The molecule has 1 aromatic carbocycles. The summed E-state index contributed by atoms with van der Waals surface area (Å²) in [4.78, 5) is 16.5. The number of benzene rings is 1. The molecule has 0 spiro atoms. The van der Waals surface area contributed by atoms with Crippen molar-refractivity contribution in [3.8, 4) is 0 Å². The lowest BCUT2D eigenvalue weighted by atomic mass is 10.1. The van der Waals surface area contributed by atoms with Crippen molar-refractivity contribution in [2.24, 2.45) is 0 Å². The molecular formula is C16H17N7O3. The number of nitrogens with zero attached hydrogens (tertiary/aromatic N) is 6. The van der Waals surface area contributed by atoms with Crippen molar-refractivity contribution in [1.82, 2.24) is 35.7 Å². The Bertz CT molecular complexity index is 854. The Labute approximate surface area is 148 Å². The Morgan fingerprint density at radius 3 is 2.92 bits per heavy atom. The molecule has 1 atom stereocenters. The largest absolute Gasteiger partial charge is 0.368 e. The summed E-state index contributed by atoms with van der Waals surface area (Å²) < 4.78 is 12.3. The second-order valence-corrected chi connectivity index (χ2v) is 5.94. The number of amides is 1. The molecule has 4 rings (SSSR count). The average molecular weight is 355 g/mol. The fraction of sp³-hybridized carbons (Fsp3) is 0.375. The number of nitrogens with one attached hydrogen (secondary N) is 1. The molecule has 1 aliphatic rings. The standard InChI is InChI=1S/C16H17N7O3/c24-15(12-5-3-11(4-6-12)9-23-10-18-21-22-23)17-8-14-19-16(26-20-14)13-2-1-7-25-13/h3-6,10,13H,1-2,7-9H2,(H,17,24)/t13-/m0/s1. The van der Waals surface area contributed by atoms with Gasteiger partial charge in [0.2, 0.25) is 0 Å². The van der Waals surface area contributed by atoms with Gasteiger partial charge in [-0.2, -0.15) is 4.98 Å². The fourth-order valence-electron chi connectivity index (χ4n) is 2.71. The van der Waals surface area contributed by atoms with Gasteiger partial charge in [-0.05, 0) is 41.0 Å². The first-order valence-corrected chi connectivity index (χ1v) is 8.30. The van der Waals surface area contributed by atoms with Crippen molar-refractivity contribution >= 4 is 5.91 Å². The second-order valence-electron chi connectivity index (χ2n) is 5.94. The van der Waals surface area contributed by atoms with Crippen LogP contribution in [0.2, 0.25) is 0 Å². The minimum Gasteiger partial charge on any atom is -0.368 e. The summed E-state index contributed by atoms with van der Waals surface area (Å²) in [7, 11) is 0. The smallest absolute Gasteiger partial charge is 0.255 e. The molecule has 3 aromatic rings. The van der Waals surface area contributed by atoms with Crippen molar-refractivity contribution in [1.29, 1.82) is 0 Å². The van der Waals surface area contributed by atoms with Crippen molar-refractivity contribution in [2.45, 2.75) is 32.0 Å². The van der Waals surface area contributed by atoms with E-state index in [9.17, 15) is 4.79 Å². The molecule has 10 heteroatoms. The molecule has 0 aliphatic carbocycles. The maximum Gasteiger partial charge on any atom is 0.255 e. The van der Waals surface area contributed by atoms with Crippen LogP contribution in [0.5, 0.6) is 0 Å². The minimum atomic E-state index is -0.206. The first-order valence-electron chi connectivity index (χ1n) is 8.30. The van der Waals surface area contributed by atoms with Crippen LogP contribution < -0.4 is 5.32 Å². The molecule has 1 saturated heterocycles. The molecule has 0 saturated carbocycles. The lowest BCUT2D eigenvalue weighted by Gasteiger charge is -2.04. The van der Waals surface area contributed by atoms with Gasteiger partial charge >= 0.3 is 0 Å². The zero-order chi connectivity index (χ0) is 17.8. The van der Waals surface area contributed by atoms with Gasteiger partial charge in [0.1, 0.15) is 12.4 Å². The van der Waals surface area contributed by atoms with E-state index in [1.165, 1.54) is 6.33 Å². The molecule has 1 fully saturated rings. The van der Waals surface area contributed by atoms with Crippen LogP contribution in [0.15, 0.2) is 35.1 Å². The molecule has 1 amide bonds. The Morgan fingerprint density at radius 2 is 2.19 bits per heavy atom. The highest BCUT2D eigenvalue weighted by atomic mass is 16.5. The van der Waals surface area contributed by atoms with Crippen LogP contribution in [0, 0.1) is 0 Å². The topological polar surface area (TPSA) is 121 Å². The summed E-state index contributed by atoms with van der Waals surface area (Å²) in [5.41, 5.74) is 1.54. The molecule has 26 heavy (non-hydrogen) atoms. The van der Waals surface area contributed by atoms with Gasteiger partial charge in [-0.3, -0.25) is 4.79 Å². The third kappa shape index (κ3) is 3.75. The van der Waals surface area contributed by atoms with E-state index in [-0.39, 0.29) is 18.6 Å². The van der Waals surface area contributed by atoms with Gasteiger partial charge in [0.15, 0.2) is 5.82 Å². The molecule has 3 heterocycles. The first kappa shape index (κ1) is 16.3. The SMILES string of the molecule is O=C(NCc1noc([C@@H]2CCCO2)n1)c1ccc(Cn2cnnn2)cc1. The molecule has 2 aromatic heterocycles. The molecule has 1 N–H and O–H groups in total. The maximum absolute atomic E-state index is 12.2. The molecule has 10 nitrogen and oxygen atoms in total. The van der Waals surface area contributed by atoms with Crippen LogP contribution in [0.1, 0.15) is 46.6 Å². The van der Waals surface area contributed by atoms with E-state index in [4.69, 9.17) is 9.26 Å². The minimum absolute atomic E-state index is 0.125. The van der Waals surface area contributed by atoms with Gasteiger partial charge < -0.3 is 14.6 Å². The van der Waals surface area contributed by atoms with Gasteiger partial charge in [0.25, 0.3) is 11.8 Å². The number of ether oxygens (including phenoxy) is 1. The van der Waals surface area contributed by atoms with E-state index in [0.717, 1.165) is 18.4 Å². The lowest BCUT2D eigenvalue weighted by molar-refractivity contribution is 0.0835. The predicted octanol–water partition coefficient (Wildman–Crippen LogP) is 0.886.